The van der Waals surface area contributed by atoms with E-state index in [0.717, 1.165) is 11.5 Å². The van der Waals surface area contributed by atoms with Crippen LogP contribution in [-0.2, 0) is 4.79 Å². The molecule has 26 heavy (non-hydrogen) atoms. The van der Waals surface area contributed by atoms with Crippen LogP contribution in [0.4, 0.5) is 0 Å². The van der Waals surface area contributed by atoms with Crippen molar-refractivity contribution in [3.05, 3.63) is 47.5 Å². The molecule has 1 saturated heterocycles. The summed E-state index contributed by atoms with van der Waals surface area (Å²) in [6, 6.07) is 6.93. The predicted molar refractivity (Wildman–Crippen MR) is 90.5 cm³/mol. The van der Waals surface area contributed by atoms with Crippen molar-refractivity contribution in [1.29, 1.82) is 0 Å². The summed E-state index contributed by atoms with van der Waals surface area (Å²) in [6.45, 7) is 4.23. The van der Waals surface area contributed by atoms with E-state index in [1.54, 1.807) is 23.2 Å². The van der Waals surface area contributed by atoms with Crippen LogP contribution in [0.2, 0.25) is 0 Å². The van der Waals surface area contributed by atoms with Gasteiger partial charge in [-0.2, -0.15) is 0 Å². The molecule has 4 rings (SSSR count). The molecule has 1 aliphatic heterocycles. The summed E-state index contributed by atoms with van der Waals surface area (Å²) < 4.78 is 7.24. The predicted octanol–water partition coefficient (Wildman–Crippen LogP) is 0.770. The Labute approximate surface area is 149 Å². The quantitative estimate of drug-likeness (QED) is 0.745. The van der Waals surface area contributed by atoms with Gasteiger partial charge in [-0.05, 0) is 41.6 Å². The molecular formula is C17H18N6O3. The Kier molecular flexibility index (Phi) is 3.90. The number of pyridine rings is 1. The highest BCUT2D eigenvalue weighted by Crippen LogP contribution is 2.30. The molecule has 3 aromatic rings. The number of hydrogen-bond donors (Lipinski definition) is 1. The van der Waals surface area contributed by atoms with Crippen molar-refractivity contribution >= 4 is 17.5 Å². The number of hydrogen-bond acceptors (Lipinski definition) is 6. The van der Waals surface area contributed by atoms with Crippen LogP contribution in [0.3, 0.4) is 0 Å². The van der Waals surface area contributed by atoms with Crippen LogP contribution in [0.25, 0.3) is 5.65 Å². The number of carbonyl (C=O) groups excluding carboxylic acids is 2. The molecule has 3 aromatic heterocycles. The standard InChI is InChI=1S/C17H18N6O3/c1-10-3-4-15(26-10)13-8-22(9-14(13)18-11(2)24)17(25)12-5-6-23-16(7-12)19-20-21-23/h3-7,13-14H,8-9H2,1-2H3,(H,18,24)/t13-,14-/m1/s1. The minimum atomic E-state index is -0.194. The Bertz CT molecular complexity index is 978. The first kappa shape index (κ1) is 16.2. The Balaban J connectivity index is 1.59. The van der Waals surface area contributed by atoms with E-state index in [0.29, 0.717) is 24.3 Å². The lowest BCUT2D eigenvalue weighted by Gasteiger charge is -2.17. The SMILES string of the molecule is CC(=O)N[C@@H]1CN(C(=O)c2ccn3nnnc3c2)C[C@H]1c1ccc(C)o1. The number of rotatable bonds is 3. The van der Waals surface area contributed by atoms with Crippen LogP contribution in [0, 0.1) is 6.92 Å². The van der Waals surface area contributed by atoms with Gasteiger partial charge in [0.1, 0.15) is 11.5 Å². The van der Waals surface area contributed by atoms with Crippen molar-refractivity contribution in [3.63, 3.8) is 0 Å². The summed E-state index contributed by atoms with van der Waals surface area (Å²) >= 11 is 0. The molecule has 134 valence electrons. The second-order valence-electron chi connectivity index (χ2n) is 6.47. The van der Waals surface area contributed by atoms with Crippen molar-refractivity contribution in [2.45, 2.75) is 25.8 Å². The number of fused-ring (bicyclic) bond motifs is 1. The Morgan fingerprint density at radius 3 is 2.85 bits per heavy atom. The second kappa shape index (κ2) is 6.25. The Morgan fingerprint density at radius 1 is 1.27 bits per heavy atom. The van der Waals surface area contributed by atoms with Crippen LogP contribution in [0.5, 0.6) is 0 Å². The topological polar surface area (TPSA) is 106 Å². The van der Waals surface area contributed by atoms with Crippen LogP contribution in [0.1, 0.15) is 34.7 Å². The maximum absolute atomic E-state index is 12.9. The molecule has 2 amide bonds. The van der Waals surface area contributed by atoms with Crippen molar-refractivity contribution in [2.75, 3.05) is 13.1 Å². The highest BCUT2D eigenvalue weighted by atomic mass is 16.3. The number of amides is 2. The van der Waals surface area contributed by atoms with E-state index in [2.05, 4.69) is 20.8 Å². The highest BCUT2D eigenvalue weighted by molar-refractivity contribution is 5.95. The fourth-order valence-electron chi connectivity index (χ4n) is 3.37. The minimum Gasteiger partial charge on any atom is -0.466 e. The van der Waals surface area contributed by atoms with Gasteiger partial charge in [0.05, 0.1) is 12.0 Å². The van der Waals surface area contributed by atoms with Gasteiger partial charge in [0.25, 0.3) is 5.91 Å². The molecule has 9 nitrogen and oxygen atoms in total. The Morgan fingerprint density at radius 2 is 2.12 bits per heavy atom. The van der Waals surface area contributed by atoms with Crippen LogP contribution >= 0.6 is 0 Å². The summed E-state index contributed by atoms with van der Waals surface area (Å²) in [5.74, 6) is 1.23. The van der Waals surface area contributed by atoms with E-state index in [1.165, 1.54) is 11.4 Å². The molecule has 2 atom stereocenters. The molecule has 4 heterocycles. The molecule has 1 fully saturated rings. The maximum atomic E-state index is 12.9. The molecule has 9 heteroatoms. The maximum Gasteiger partial charge on any atom is 0.254 e. The third-order valence-corrected chi connectivity index (χ3v) is 4.57. The van der Waals surface area contributed by atoms with Crippen LogP contribution in [-0.4, -0.2) is 55.9 Å². The number of nitrogens with one attached hydrogen (secondary N) is 1. The molecule has 0 bridgehead atoms. The molecule has 0 radical (unpaired) electrons. The first-order chi connectivity index (χ1) is 12.5. The lowest BCUT2D eigenvalue weighted by atomic mass is 10.0. The number of aromatic nitrogens is 4. The highest BCUT2D eigenvalue weighted by Gasteiger charge is 2.38. The fraction of sp³-hybridized carbons (Fsp3) is 0.353. The van der Waals surface area contributed by atoms with Gasteiger partial charge in [-0.1, -0.05) is 0 Å². The number of tetrazole rings is 1. The molecule has 0 spiro atoms. The van der Waals surface area contributed by atoms with Gasteiger partial charge >= 0.3 is 0 Å². The van der Waals surface area contributed by atoms with Crippen molar-refractivity contribution in [3.8, 4) is 0 Å². The van der Waals surface area contributed by atoms with Gasteiger partial charge in [0, 0.05) is 31.8 Å². The number of nitrogens with zero attached hydrogens (tertiary/aromatic N) is 5. The number of carbonyl (C=O) groups is 2. The molecule has 0 aliphatic carbocycles. The monoisotopic (exact) mass is 354 g/mol. The zero-order chi connectivity index (χ0) is 18.3. The van der Waals surface area contributed by atoms with E-state index < -0.39 is 0 Å². The van der Waals surface area contributed by atoms with Gasteiger partial charge in [-0.3, -0.25) is 9.59 Å². The first-order valence-electron chi connectivity index (χ1n) is 8.32. The smallest absolute Gasteiger partial charge is 0.254 e. The zero-order valence-electron chi connectivity index (χ0n) is 14.4. The van der Waals surface area contributed by atoms with Gasteiger partial charge < -0.3 is 14.6 Å². The summed E-state index contributed by atoms with van der Waals surface area (Å²) in [6.07, 6.45) is 1.65. The molecule has 0 aromatic carbocycles. The number of likely N-dealkylation sites (tertiary alicyclic amines) is 1. The summed E-state index contributed by atoms with van der Waals surface area (Å²) in [5.41, 5.74) is 1.01. The molecule has 0 unspecified atom stereocenters. The normalized spacial score (nSPS) is 19.8. The summed E-state index contributed by atoms with van der Waals surface area (Å²) in [4.78, 5) is 26.2. The summed E-state index contributed by atoms with van der Waals surface area (Å²) in [7, 11) is 0. The first-order valence-corrected chi connectivity index (χ1v) is 8.32. The summed E-state index contributed by atoms with van der Waals surface area (Å²) in [5, 5.41) is 14.2. The molecule has 0 saturated carbocycles. The minimum absolute atomic E-state index is 0.0879. The lowest BCUT2D eigenvalue weighted by Crippen LogP contribution is -2.39. The molecule has 1 aliphatic rings. The average Bonchev–Trinajstić information content (AvgIpc) is 3.32. The van der Waals surface area contributed by atoms with Crippen molar-refractivity contribution < 1.29 is 14.0 Å². The van der Waals surface area contributed by atoms with E-state index in [4.69, 9.17) is 4.42 Å². The second-order valence-corrected chi connectivity index (χ2v) is 6.47. The largest absolute Gasteiger partial charge is 0.466 e. The van der Waals surface area contributed by atoms with E-state index in [1.807, 2.05) is 19.1 Å². The van der Waals surface area contributed by atoms with Gasteiger partial charge in [0.2, 0.25) is 5.91 Å². The lowest BCUT2D eigenvalue weighted by molar-refractivity contribution is -0.119. The fourth-order valence-corrected chi connectivity index (χ4v) is 3.37. The van der Waals surface area contributed by atoms with Crippen LogP contribution in [0.15, 0.2) is 34.9 Å². The average molecular weight is 354 g/mol. The van der Waals surface area contributed by atoms with Gasteiger partial charge in [0.15, 0.2) is 5.65 Å². The van der Waals surface area contributed by atoms with E-state index in [-0.39, 0.29) is 23.8 Å². The number of aryl methyl sites for hydroxylation is 1. The third-order valence-electron chi connectivity index (χ3n) is 4.57. The number of furan rings is 1. The third kappa shape index (κ3) is 2.92. The molecule has 1 N–H and O–H groups in total. The Hall–Kier alpha value is -3.23. The van der Waals surface area contributed by atoms with Crippen LogP contribution < -0.4 is 5.32 Å². The van der Waals surface area contributed by atoms with Crippen molar-refractivity contribution in [2.24, 2.45) is 0 Å². The van der Waals surface area contributed by atoms with E-state index >= 15 is 0 Å². The van der Waals surface area contributed by atoms with Crippen molar-refractivity contribution in [1.82, 2.24) is 30.3 Å². The van der Waals surface area contributed by atoms with Gasteiger partial charge in [-0.15, -0.1) is 5.10 Å². The van der Waals surface area contributed by atoms with E-state index in [9.17, 15) is 9.59 Å². The van der Waals surface area contributed by atoms with Gasteiger partial charge in [-0.25, -0.2) is 4.52 Å². The molecular weight excluding hydrogens is 336 g/mol. The zero-order valence-corrected chi connectivity index (χ0v) is 14.4.